The second-order valence-corrected chi connectivity index (χ2v) is 4.71. The van der Waals surface area contributed by atoms with E-state index in [0.29, 0.717) is 22.0 Å². The Morgan fingerprint density at radius 2 is 1.95 bits per heavy atom. The van der Waals surface area contributed by atoms with E-state index in [1.54, 1.807) is 24.3 Å². The van der Waals surface area contributed by atoms with Crippen molar-refractivity contribution in [1.29, 1.82) is 0 Å². The van der Waals surface area contributed by atoms with Gasteiger partial charge in [0, 0.05) is 22.0 Å². The number of aryl methyl sites for hydroxylation is 1. The van der Waals surface area contributed by atoms with Gasteiger partial charge in [0.05, 0.1) is 0 Å². The maximum Gasteiger partial charge on any atom is 0.352 e. The number of carboxylic acid groups (broad SMARTS) is 1. The quantitative estimate of drug-likeness (QED) is 0.739. The fourth-order valence-electron chi connectivity index (χ4n) is 2.41. The number of benzene rings is 2. The predicted octanol–water partition coefficient (Wildman–Crippen LogP) is 3.98. The number of aromatic amines is 1. The summed E-state index contributed by atoms with van der Waals surface area (Å²) in [6.45, 7) is 1.91. The first-order valence-electron chi connectivity index (χ1n) is 6.18. The van der Waals surface area contributed by atoms with Gasteiger partial charge in [-0.1, -0.05) is 29.8 Å². The van der Waals surface area contributed by atoms with Gasteiger partial charge in [-0.15, -0.1) is 0 Å². The normalized spacial score (nSPS) is 10.9. The molecule has 2 N–H and O–H groups in total. The van der Waals surface area contributed by atoms with E-state index in [1.807, 2.05) is 19.1 Å². The van der Waals surface area contributed by atoms with Gasteiger partial charge in [0.1, 0.15) is 11.5 Å². The molecule has 0 saturated heterocycles. The lowest BCUT2D eigenvalue weighted by molar-refractivity contribution is 0.0692. The molecule has 0 bridgehead atoms. The van der Waals surface area contributed by atoms with Crippen molar-refractivity contribution in [2.45, 2.75) is 6.92 Å². The fourth-order valence-corrected chi connectivity index (χ4v) is 2.41. The molecule has 0 aliphatic rings. The number of fused-ring (bicyclic) bond motifs is 1. The number of carbonyl (C=O) groups is 1. The summed E-state index contributed by atoms with van der Waals surface area (Å²) in [5.41, 5.74) is 2.38. The number of carboxylic acids is 1. The highest BCUT2D eigenvalue weighted by Crippen LogP contribution is 2.34. The Morgan fingerprint density at radius 3 is 2.65 bits per heavy atom. The van der Waals surface area contributed by atoms with Gasteiger partial charge in [0.2, 0.25) is 0 Å². The first-order chi connectivity index (χ1) is 9.58. The summed E-state index contributed by atoms with van der Waals surface area (Å²) >= 11 is 0. The zero-order valence-electron chi connectivity index (χ0n) is 10.8. The standard InChI is InChI=1S/C16H12FNO2/c1-9-6-7-13-11(8-9)14(15(18-13)16(19)20)10-4-2-3-5-12(10)17/h2-8,18H,1H3,(H,19,20). The van der Waals surface area contributed by atoms with Crippen LogP contribution in [0.1, 0.15) is 16.1 Å². The molecule has 0 radical (unpaired) electrons. The molecule has 0 amide bonds. The summed E-state index contributed by atoms with van der Waals surface area (Å²) in [5, 5.41) is 10.0. The van der Waals surface area contributed by atoms with Crippen LogP contribution in [0.4, 0.5) is 4.39 Å². The van der Waals surface area contributed by atoms with E-state index < -0.39 is 11.8 Å². The molecule has 100 valence electrons. The number of rotatable bonds is 2. The van der Waals surface area contributed by atoms with Gasteiger partial charge in [-0.05, 0) is 25.1 Å². The van der Waals surface area contributed by atoms with Gasteiger partial charge in [-0.2, -0.15) is 0 Å². The van der Waals surface area contributed by atoms with Crippen LogP contribution in [0.2, 0.25) is 0 Å². The Kier molecular flexibility index (Phi) is 2.79. The lowest BCUT2D eigenvalue weighted by atomic mass is 10.0. The molecule has 0 aliphatic carbocycles. The van der Waals surface area contributed by atoms with Crippen LogP contribution < -0.4 is 0 Å². The topological polar surface area (TPSA) is 53.1 Å². The molecule has 0 fully saturated rings. The minimum Gasteiger partial charge on any atom is -0.477 e. The Labute approximate surface area is 114 Å². The number of aromatic nitrogens is 1. The smallest absolute Gasteiger partial charge is 0.352 e. The van der Waals surface area contributed by atoms with Gasteiger partial charge in [-0.25, -0.2) is 9.18 Å². The van der Waals surface area contributed by atoms with E-state index in [9.17, 15) is 14.3 Å². The highest BCUT2D eigenvalue weighted by atomic mass is 19.1. The molecular weight excluding hydrogens is 257 g/mol. The first-order valence-corrected chi connectivity index (χ1v) is 6.18. The van der Waals surface area contributed by atoms with Crippen LogP contribution in [-0.2, 0) is 0 Å². The molecule has 1 aromatic heterocycles. The molecule has 0 aliphatic heterocycles. The monoisotopic (exact) mass is 269 g/mol. The van der Waals surface area contributed by atoms with E-state index in [-0.39, 0.29) is 5.69 Å². The third-order valence-corrected chi connectivity index (χ3v) is 3.31. The third kappa shape index (κ3) is 1.86. The van der Waals surface area contributed by atoms with Crippen LogP contribution in [-0.4, -0.2) is 16.1 Å². The Morgan fingerprint density at radius 1 is 1.20 bits per heavy atom. The van der Waals surface area contributed by atoms with Crippen LogP contribution >= 0.6 is 0 Å². The van der Waals surface area contributed by atoms with Crippen molar-refractivity contribution in [3.8, 4) is 11.1 Å². The van der Waals surface area contributed by atoms with E-state index in [0.717, 1.165) is 5.56 Å². The molecule has 0 unspecified atom stereocenters. The Bertz CT molecular complexity index is 820. The third-order valence-electron chi connectivity index (χ3n) is 3.31. The van der Waals surface area contributed by atoms with E-state index >= 15 is 0 Å². The van der Waals surface area contributed by atoms with Crippen LogP contribution in [0.3, 0.4) is 0 Å². The minimum absolute atomic E-state index is 0.00991. The average Bonchev–Trinajstić information content (AvgIpc) is 2.78. The molecular formula is C16H12FNO2. The van der Waals surface area contributed by atoms with Crippen molar-refractivity contribution >= 4 is 16.9 Å². The number of hydrogen-bond acceptors (Lipinski definition) is 1. The van der Waals surface area contributed by atoms with Crippen molar-refractivity contribution in [2.75, 3.05) is 0 Å². The molecule has 3 aromatic rings. The summed E-state index contributed by atoms with van der Waals surface area (Å²) < 4.78 is 14.0. The van der Waals surface area contributed by atoms with Crippen LogP contribution in [0.15, 0.2) is 42.5 Å². The summed E-state index contributed by atoms with van der Waals surface area (Å²) in [7, 11) is 0. The first kappa shape index (κ1) is 12.4. The summed E-state index contributed by atoms with van der Waals surface area (Å²) in [6.07, 6.45) is 0. The van der Waals surface area contributed by atoms with Gasteiger partial charge < -0.3 is 10.1 Å². The number of H-pyrrole nitrogens is 1. The molecule has 3 rings (SSSR count). The lowest BCUT2D eigenvalue weighted by Crippen LogP contribution is -1.99. The van der Waals surface area contributed by atoms with Crippen LogP contribution in [0, 0.1) is 12.7 Å². The van der Waals surface area contributed by atoms with Gasteiger partial charge in [0.15, 0.2) is 0 Å². The largest absolute Gasteiger partial charge is 0.477 e. The van der Waals surface area contributed by atoms with E-state index in [2.05, 4.69) is 4.98 Å². The Balaban J connectivity index is 2.43. The summed E-state index contributed by atoms with van der Waals surface area (Å²) in [6, 6.07) is 11.7. The minimum atomic E-state index is -1.10. The summed E-state index contributed by atoms with van der Waals surface area (Å²) in [4.78, 5) is 14.3. The number of nitrogens with one attached hydrogen (secondary N) is 1. The van der Waals surface area contributed by atoms with Gasteiger partial charge >= 0.3 is 5.97 Å². The highest BCUT2D eigenvalue weighted by Gasteiger charge is 2.20. The summed E-state index contributed by atoms with van der Waals surface area (Å²) in [5.74, 6) is -1.53. The molecule has 20 heavy (non-hydrogen) atoms. The number of aromatic carboxylic acids is 1. The maximum absolute atomic E-state index is 14.0. The molecule has 0 spiro atoms. The lowest BCUT2D eigenvalue weighted by Gasteiger charge is -2.04. The second kappa shape index (κ2) is 4.49. The highest BCUT2D eigenvalue weighted by molar-refractivity contribution is 6.07. The van der Waals surface area contributed by atoms with Crippen LogP contribution in [0.5, 0.6) is 0 Å². The SMILES string of the molecule is Cc1ccc2[nH]c(C(=O)O)c(-c3ccccc3F)c2c1. The zero-order valence-corrected chi connectivity index (χ0v) is 10.8. The predicted molar refractivity (Wildman–Crippen MR) is 75.4 cm³/mol. The van der Waals surface area contributed by atoms with Gasteiger partial charge in [-0.3, -0.25) is 0 Å². The molecule has 3 nitrogen and oxygen atoms in total. The number of hydrogen-bond donors (Lipinski definition) is 2. The molecule has 2 aromatic carbocycles. The molecule has 0 atom stereocenters. The molecule has 0 saturated carbocycles. The van der Waals surface area contributed by atoms with Crippen molar-refractivity contribution in [3.05, 3.63) is 59.5 Å². The number of halogens is 1. The van der Waals surface area contributed by atoms with Crippen LogP contribution in [0.25, 0.3) is 22.0 Å². The van der Waals surface area contributed by atoms with Crippen molar-refractivity contribution in [1.82, 2.24) is 4.98 Å². The molecule has 4 heteroatoms. The van der Waals surface area contributed by atoms with Gasteiger partial charge in [0.25, 0.3) is 0 Å². The van der Waals surface area contributed by atoms with E-state index in [4.69, 9.17) is 0 Å². The second-order valence-electron chi connectivity index (χ2n) is 4.71. The van der Waals surface area contributed by atoms with Crippen molar-refractivity contribution in [3.63, 3.8) is 0 Å². The fraction of sp³-hybridized carbons (Fsp3) is 0.0625. The average molecular weight is 269 g/mol. The zero-order chi connectivity index (χ0) is 14.3. The maximum atomic E-state index is 14.0. The Hall–Kier alpha value is -2.62. The van der Waals surface area contributed by atoms with Crippen molar-refractivity contribution in [2.24, 2.45) is 0 Å². The van der Waals surface area contributed by atoms with Crippen molar-refractivity contribution < 1.29 is 14.3 Å². The molecule has 1 heterocycles. The van der Waals surface area contributed by atoms with E-state index in [1.165, 1.54) is 6.07 Å².